The number of hydrogen-bond donors (Lipinski definition) is 1. The number of terminal acetylenes is 1. The fourth-order valence-corrected chi connectivity index (χ4v) is 1.18. The van der Waals surface area contributed by atoms with Crippen LogP contribution in [0.5, 0.6) is 0 Å². The third kappa shape index (κ3) is 7.64. The summed E-state index contributed by atoms with van der Waals surface area (Å²) in [7, 11) is 0. The predicted molar refractivity (Wildman–Crippen MR) is 61.9 cm³/mol. The second-order valence-corrected chi connectivity index (χ2v) is 3.53. The summed E-state index contributed by atoms with van der Waals surface area (Å²) < 4.78 is 0. The molecular weight excluding hydrogens is 172 g/mol. The number of allylic oxidation sites excluding steroid dienone is 3. The SMILES string of the molecule is C#CCC/C(C)=C/CC/C(C)=C/CO. The molecule has 0 saturated heterocycles. The van der Waals surface area contributed by atoms with Crippen molar-refractivity contribution in [2.45, 2.75) is 39.5 Å². The van der Waals surface area contributed by atoms with Gasteiger partial charge < -0.3 is 5.11 Å². The van der Waals surface area contributed by atoms with Crippen molar-refractivity contribution >= 4 is 0 Å². The van der Waals surface area contributed by atoms with Gasteiger partial charge in [0.05, 0.1) is 6.61 Å². The van der Waals surface area contributed by atoms with E-state index in [1.807, 2.05) is 13.0 Å². The first-order valence-corrected chi connectivity index (χ1v) is 5.06. The van der Waals surface area contributed by atoms with E-state index in [2.05, 4.69) is 18.9 Å². The smallest absolute Gasteiger partial charge is 0.0614 e. The van der Waals surface area contributed by atoms with Crippen molar-refractivity contribution in [2.24, 2.45) is 0 Å². The Morgan fingerprint density at radius 3 is 2.43 bits per heavy atom. The number of rotatable bonds is 6. The normalized spacial score (nSPS) is 12.7. The fourth-order valence-electron chi connectivity index (χ4n) is 1.18. The molecule has 14 heavy (non-hydrogen) atoms. The molecule has 1 heteroatoms. The molecule has 0 fully saturated rings. The number of aliphatic hydroxyl groups excluding tert-OH is 1. The average molecular weight is 192 g/mol. The summed E-state index contributed by atoms with van der Waals surface area (Å²) >= 11 is 0. The Balaban J connectivity index is 3.71. The standard InChI is InChI=1S/C13H20O/c1-4-5-7-12(2)8-6-9-13(3)10-11-14/h1,8,10,14H,5-7,9,11H2,2-3H3/b12-8+,13-10+. The Kier molecular flexibility index (Phi) is 7.98. The molecule has 0 aromatic heterocycles. The van der Waals surface area contributed by atoms with Gasteiger partial charge in [0, 0.05) is 6.42 Å². The summed E-state index contributed by atoms with van der Waals surface area (Å²) in [5, 5.41) is 8.65. The third-order valence-corrected chi connectivity index (χ3v) is 2.13. The highest BCUT2D eigenvalue weighted by molar-refractivity contribution is 5.05. The van der Waals surface area contributed by atoms with E-state index in [-0.39, 0.29) is 6.61 Å². The molecule has 0 rings (SSSR count). The monoisotopic (exact) mass is 192 g/mol. The third-order valence-electron chi connectivity index (χ3n) is 2.13. The maximum Gasteiger partial charge on any atom is 0.0614 e. The topological polar surface area (TPSA) is 20.2 Å². The lowest BCUT2D eigenvalue weighted by molar-refractivity contribution is 0.341. The molecule has 0 aliphatic heterocycles. The van der Waals surface area contributed by atoms with Crippen molar-refractivity contribution in [1.82, 2.24) is 0 Å². The van der Waals surface area contributed by atoms with Gasteiger partial charge in [-0.1, -0.05) is 23.3 Å². The largest absolute Gasteiger partial charge is 0.392 e. The van der Waals surface area contributed by atoms with Crippen molar-refractivity contribution in [2.75, 3.05) is 6.61 Å². The zero-order chi connectivity index (χ0) is 10.8. The van der Waals surface area contributed by atoms with E-state index in [1.54, 1.807) is 0 Å². The summed E-state index contributed by atoms with van der Waals surface area (Å²) in [6.07, 6.45) is 13.1. The van der Waals surface area contributed by atoms with Gasteiger partial charge in [-0.3, -0.25) is 0 Å². The molecule has 0 radical (unpaired) electrons. The van der Waals surface area contributed by atoms with Gasteiger partial charge in [-0.15, -0.1) is 12.3 Å². The van der Waals surface area contributed by atoms with Crippen molar-refractivity contribution in [1.29, 1.82) is 0 Å². The van der Waals surface area contributed by atoms with E-state index < -0.39 is 0 Å². The lowest BCUT2D eigenvalue weighted by atomic mass is 10.1. The molecule has 0 unspecified atom stereocenters. The molecule has 1 nitrogen and oxygen atoms in total. The van der Waals surface area contributed by atoms with Gasteiger partial charge in [-0.2, -0.15) is 0 Å². The van der Waals surface area contributed by atoms with Gasteiger partial charge in [0.25, 0.3) is 0 Å². The molecule has 1 N–H and O–H groups in total. The zero-order valence-electron chi connectivity index (χ0n) is 9.21. The molecule has 0 saturated carbocycles. The minimum absolute atomic E-state index is 0.144. The molecular formula is C13H20O. The highest BCUT2D eigenvalue weighted by Crippen LogP contribution is 2.09. The second-order valence-electron chi connectivity index (χ2n) is 3.53. The number of aliphatic hydroxyl groups is 1. The number of hydrogen-bond acceptors (Lipinski definition) is 1. The quantitative estimate of drug-likeness (QED) is 0.506. The van der Waals surface area contributed by atoms with Crippen LogP contribution in [0.25, 0.3) is 0 Å². The second kappa shape index (κ2) is 8.59. The first kappa shape index (κ1) is 13.0. The van der Waals surface area contributed by atoms with Gasteiger partial charge in [0.1, 0.15) is 0 Å². The average Bonchev–Trinajstić information content (AvgIpc) is 2.15. The van der Waals surface area contributed by atoms with Crippen molar-refractivity contribution in [3.05, 3.63) is 23.3 Å². The van der Waals surface area contributed by atoms with Gasteiger partial charge in [-0.25, -0.2) is 0 Å². The van der Waals surface area contributed by atoms with Crippen molar-refractivity contribution < 1.29 is 5.11 Å². The summed E-state index contributed by atoms with van der Waals surface area (Å²) in [5.41, 5.74) is 2.60. The van der Waals surface area contributed by atoms with E-state index in [9.17, 15) is 0 Å². The maximum atomic E-state index is 8.65. The summed E-state index contributed by atoms with van der Waals surface area (Å²) in [6.45, 7) is 4.30. The molecule has 0 heterocycles. The molecule has 78 valence electrons. The van der Waals surface area contributed by atoms with E-state index >= 15 is 0 Å². The van der Waals surface area contributed by atoms with Gasteiger partial charge in [0.15, 0.2) is 0 Å². The summed E-state index contributed by atoms with van der Waals surface area (Å²) in [5.74, 6) is 2.63. The Bertz CT molecular complexity index is 240. The Morgan fingerprint density at radius 2 is 1.86 bits per heavy atom. The molecule has 0 aliphatic rings. The van der Waals surface area contributed by atoms with Gasteiger partial charge >= 0.3 is 0 Å². The predicted octanol–water partition coefficient (Wildman–Crippen LogP) is 3.06. The van der Waals surface area contributed by atoms with Crippen LogP contribution in [0.1, 0.15) is 39.5 Å². The van der Waals surface area contributed by atoms with Crippen LogP contribution in [-0.4, -0.2) is 11.7 Å². The van der Waals surface area contributed by atoms with Crippen molar-refractivity contribution in [3.8, 4) is 12.3 Å². The Morgan fingerprint density at radius 1 is 1.21 bits per heavy atom. The highest BCUT2D eigenvalue weighted by atomic mass is 16.2. The van der Waals surface area contributed by atoms with Gasteiger partial charge in [0.2, 0.25) is 0 Å². The first-order valence-electron chi connectivity index (χ1n) is 5.06. The van der Waals surface area contributed by atoms with Crippen LogP contribution in [0, 0.1) is 12.3 Å². The summed E-state index contributed by atoms with van der Waals surface area (Å²) in [6, 6.07) is 0. The lowest BCUT2D eigenvalue weighted by Gasteiger charge is -1.99. The van der Waals surface area contributed by atoms with Crippen LogP contribution in [0.15, 0.2) is 23.3 Å². The molecule has 0 spiro atoms. The highest BCUT2D eigenvalue weighted by Gasteiger charge is 1.90. The van der Waals surface area contributed by atoms with Crippen LogP contribution in [0.3, 0.4) is 0 Å². The molecule has 0 amide bonds. The van der Waals surface area contributed by atoms with Crippen molar-refractivity contribution in [3.63, 3.8) is 0 Å². The molecule has 0 aromatic rings. The Hall–Kier alpha value is -1.00. The molecule has 0 aliphatic carbocycles. The van der Waals surface area contributed by atoms with Crippen LogP contribution >= 0.6 is 0 Å². The van der Waals surface area contributed by atoms with E-state index in [0.717, 1.165) is 25.7 Å². The molecule has 0 bridgehead atoms. The zero-order valence-corrected chi connectivity index (χ0v) is 9.21. The minimum atomic E-state index is 0.144. The molecule has 0 atom stereocenters. The van der Waals surface area contributed by atoms with E-state index in [4.69, 9.17) is 11.5 Å². The van der Waals surface area contributed by atoms with E-state index in [1.165, 1.54) is 11.1 Å². The molecule has 0 aromatic carbocycles. The Labute approximate surface area is 87.5 Å². The minimum Gasteiger partial charge on any atom is -0.392 e. The van der Waals surface area contributed by atoms with Crippen LogP contribution in [0.2, 0.25) is 0 Å². The maximum absolute atomic E-state index is 8.65. The van der Waals surface area contributed by atoms with Crippen LogP contribution in [-0.2, 0) is 0 Å². The lowest BCUT2D eigenvalue weighted by Crippen LogP contribution is -1.82. The first-order chi connectivity index (χ1) is 6.70. The fraction of sp³-hybridized carbons (Fsp3) is 0.538. The van der Waals surface area contributed by atoms with Crippen LogP contribution < -0.4 is 0 Å². The van der Waals surface area contributed by atoms with E-state index in [0.29, 0.717) is 0 Å². The van der Waals surface area contributed by atoms with Crippen LogP contribution in [0.4, 0.5) is 0 Å². The van der Waals surface area contributed by atoms with Gasteiger partial charge in [-0.05, 0) is 33.1 Å². The summed E-state index contributed by atoms with van der Waals surface area (Å²) in [4.78, 5) is 0.